The van der Waals surface area contributed by atoms with Crippen LogP contribution in [0.3, 0.4) is 0 Å². The van der Waals surface area contributed by atoms with Gasteiger partial charge in [0.15, 0.2) is 0 Å². The van der Waals surface area contributed by atoms with Crippen molar-refractivity contribution in [3.05, 3.63) is 46.2 Å². The quantitative estimate of drug-likeness (QED) is 0.879. The highest BCUT2D eigenvalue weighted by atomic mass is 79.9. The number of nitrogens with one attached hydrogen (secondary N) is 1. The molecule has 1 atom stereocenters. The third-order valence-electron chi connectivity index (χ3n) is 3.37. The monoisotopic (exact) mass is 337 g/mol. The second-order valence-corrected chi connectivity index (χ2v) is 5.55. The maximum atomic E-state index is 5.48. The topological polar surface area (TPSA) is 39.1 Å². The largest absolute Gasteiger partial charge is 0.496 e. The summed E-state index contributed by atoms with van der Waals surface area (Å²) >= 11 is 3.47. The molecular formula is C15H20BrN3O. The molecule has 0 amide bonds. The van der Waals surface area contributed by atoms with Crippen LogP contribution in [0.15, 0.2) is 35.1 Å². The first-order valence-electron chi connectivity index (χ1n) is 6.70. The van der Waals surface area contributed by atoms with Gasteiger partial charge in [0.25, 0.3) is 0 Å². The smallest absolute Gasteiger partial charge is 0.124 e. The second-order valence-electron chi connectivity index (χ2n) is 4.64. The van der Waals surface area contributed by atoms with E-state index in [1.807, 2.05) is 30.1 Å². The first-order chi connectivity index (χ1) is 9.67. The first-order valence-corrected chi connectivity index (χ1v) is 7.49. The molecular weight excluding hydrogens is 318 g/mol. The highest BCUT2D eigenvalue weighted by Gasteiger charge is 2.16. The number of hydrogen-bond donors (Lipinski definition) is 1. The summed E-state index contributed by atoms with van der Waals surface area (Å²) in [6.45, 7) is 2.98. The number of ether oxygens (including phenoxy) is 1. The van der Waals surface area contributed by atoms with Gasteiger partial charge in [-0.25, -0.2) is 0 Å². The minimum absolute atomic E-state index is 0.201. The number of benzene rings is 1. The molecule has 0 aliphatic carbocycles. The number of aromatic nitrogens is 2. The van der Waals surface area contributed by atoms with Crippen LogP contribution in [0.5, 0.6) is 5.75 Å². The Labute approximate surface area is 128 Å². The summed E-state index contributed by atoms with van der Waals surface area (Å²) in [6, 6.07) is 6.33. The van der Waals surface area contributed by atoms with Crippen molar-refractivity contribution in [2.75, 3.05) is 14.2 Å². The van der Waals surface area contributed by atoms with Gasteiger partial charge in [-0.3, -0.25) is 4.68 Å². The van der Waals surface area contributed by atoms with Crippen LogP contribution in [0.25, 0.3) is 0 Å². The average Bonchev–Trinajstić information content (AvgIpc) is 2.92. The number of aryl methyl sites for hydroxylation is 1. The summed E-state index contributed by atoms with van der Waals surface area (Å²) in [5.74, 6) is 0.890. The van der Waals surface area contributed by atoms with E-state index in [1.54, 1.807) is 7.11 Å². The molecule has 1 heterocycles. The summed E-state index contributed by atoms with van der Waals surface area (Å²) in [5, 5.41) is 7.68. The van der Waals surface area contributed by atoms with Gasteiger partial charge in [0.2, 0.25) is 0 Å². The number of halogens is 1. The van der Waals surface area contributed by atoms with Crippen molar-refractivity contribution in [3.8, 4) is 5.75 Å². The summed E-state index contributed by atoms with van der Waals surface area (Å²) in [7, 11) is 3.67. The molecule has 0 aliphatic rings. The normalized spacial score (nSPS) is 12.4. The van der Waals surface area contributed by atoms with Crippen LogP contribution < -0.4 is 10.1 Å². The summed E-state index contributed by atoms with van der Waals surface area (Å²) in [4.78, 5) is 0. The van der Waals surface area contributed by atoms with Crippen molar-refractivity contribution in [3.63, 3.8) is 0 Å². The molecule has 0 aliphatic heterocycles. The number of rotatable bonds is 6. The zero-order valence-electron chi connectivity index (χ0n) is 12.1. The minimum atomic E-state index is 0.201. The predicted molar refractivity (Wildman–Crippen MR) is 84.1 cm³/mol. The van der Waals surface area contributed by atoms with Crippen LogP contribution in [0.2, 0.25) is 0 Å². The lowest BCUT2D eigenvalue weighted by atomic mass is 10.00. The van der Waals surface area contributed by atoms with E-state index in [-0.39, 0.29) is 6.04 Å². The van der Waals surface area contributed by atoms with Gasteiger partial charge in [-0.15, -0.1) is 0 Å². The third-order valence-corrected chi connectivity index (χ3v) is 3.86. The van der Waals surface area contributed by atoms with E-state index < -0.39 is 0 Å². The molecule has 0 saturated carbocycles. The summed E-state index contributed by atoms with van der Waals surface area (Å²) in [5.41, 5.74) is 2.37. The van der Waals surface area contributed by atoms with E-state index in [4.69, 9.17) is 4.74 Å². The standard InChI is InChI=1S/C15H20BrN3O/c1-4-19-10-11(9-18-19)7-14(17-2)13-6-5-12(16)8-15(13)20-3/h5-6,8-10,14,17H,4,7H2,1-3H3. The van der Waals surface area contributed by atoms with Crippen molar-refractivity contribution in [1.82, 2.24) is 15.1 Å². The zero-order chi connectivity index (χ0) is 14.5. The Bertz CT molecular complexity index is 568. The second kappa shape index (κ2) is 6.90. The Morgan fingerprint density at radius 3 is 2.85 bits per heavy atom. The molecule has 0 saturated heterocycles. The molecule has 2 aromatic rings. The van der Waals surface area contributed by atoms with Crippen molar-refractivity contribution in [2.24, 2.45) is 0 Å². The lowest BCUT2D eigenvalue weighted by Crippen LogP contribution is -2.19. The molecule has 0 radical (unpaired) electrons. The molecule has 0 fully saturated rings. The number of hydrogen-bond acceptors (Lipinski definition) is 3. The Hall–Kier alpha value is -1.33. The molecule has 0 spiro atoms. The van der Waals surface area contributed by atoms with Crippen molar-refractivity contribution in [1.29, 1.82) is 0 Å². The fourth-order valence-electron chi connectivity index (χ4n) is 2.26. The summed E-state index contributed by atoms with van der Waals surface area (Å²) < 4.78 is 8.45. The Kier molecular flexibility index (Phi) is 5.20. The average molecular weight is 338 g/mol. The Morgan fingerprint density at radius 1 is 1.45 bits per heavy atom. The van der Waals surface area contributed by atoms with Gasteiger partial charge in [0.1, 0.15) is 5.75 Å². The number of likely N-dealkylation sites (N-methyl/N-ethyl adjacent to an activating group) is 1. The lowest BCUT2D eigenvalue weighted by Gasteiger charge is -2.19. The lowest BCUT2D eigenvalue weighted by molar-refractivity contribution is 0.401. The van der Waals surface area contributed by atoms with Crippen LogP contribution in [-0.2, 0) is 13.0 Å². The van der Waals surface area contributed by atoms with Gasteiger partial charge in [-0.2, -0.15) is 5.10 Å². The molecule has 108 valence electrons. The van der Waals surface area contributed by atoms with Gasteiger partial charge < -0.3 is 10.1 Å². The highest BCUT2D eigenvalue weighted by molar-refractivity contribution is 9.10. The fourth-order valence-corrected chi connectivity index (χ4v) is 2.60. The predicted octanol–water partition coefficient (Wildman–Crippen LogP) is 3.18. The molecule has 4 nitrogen and oxygen atoms in total. The fraction of sp³-hybridized carbons (Fsp3) is 0.400. The van der Waals surface area contributed by atoms with Crippen molar-refractivity contribution in [2.45, 2.75) is 25.9 Å². The molecule has 20 heavy (non-hydrogen) atoms. The highest BCUT2D eigenvalue weighted by Crippen LogP contribution is 2.30. The van der Waals surface area contributed by atoms with Gasteiger partial charge in [-0.05, 0) is 38.1 Å². The molecule has 1 unspecified atom stereocenters. The third kappa shape index (κ3) is 3.41. The van der Waals surface area contributed by atoms with Gasteiger partial charge in [0.05, 0.1) is 13.3 Å². The van der Waals surface area contributed by atoms with Gasteiger partial charge in [0, 0.05) is 28.8 Å². The van der Waals surface area contributed by atoms with E-state index >= 15 is 0 Å². The molecule has 5 heteroatoms. The van der Waals surface area contributed by atoms with Crippen molar-refractivity contribution < 1.29 is 4.74 Å². The van der Waals surface area contributed by atoms with E-state index in [1.165, 1.54) is 5.56 Å². The van der Waals surface area contributed by atoms with Crippen LogP contribution in [-0.4, -0.2) is 23.9 Å². The van der Waals surface area contributed by atoms with Gasteiger partial charge in [-0.1, -0.05) is 22.0 Å². The number of nitrogens with zero attached hydrogens (tertiary/aromatic N) is 2. The van der Waals surface area contributed by atoms with E-state index in [2.05, 4.69) is 45.5 Å². The van der Waals surface area contributed by atoms with Gasteiger partial charge >= 0.3 is 0 Å². The molecule has 1 N–H and O–H groups in total. The van der Waals surface area contributed by atoms with E-state index in [0.717, 1.165) is 28.8 Å². The van der Waals surface area contributed by atoms with Crippen molar-refractivity contribution >= 4 is 15.9 Å². The van der Waals surface area contributed by atoms with Crippen LogP contribution in [0.4, 0.5) is 0 Å². The Morgan fingerprint density at radius 2 is 2.25 bits per heavy atom. The maximum Gasteiger partial charge on any atom is 0.124 e. The van der Waals surface area contributed by atoms with Crippen LogP contribution in [0.1, 0.15) is 24.1 Å². The van der Waals surface area contributed by atoms with Crippen LogP contribution >= 0.6 is 15.9 Å². The molecule has 1 aromatic carbocycles. The first kappa shape index (κ1) is 15.1. The SMILES string of the molecule is CCn1cc(CC(NC)c2ccc(Br)cc2OC)cn1. The minimum Gasteiger partial charge on any atom is -0.496 e. The van der Waals surface area contributed by atoms with Crippen LogP contribution in [0, 0.1) is 0 Å². The maximum absolute atomic E-state index is 5.48. The summed E-state index contributed by atoms with van der Waals surface area (Å²) in [6.07, 6.45) is 4.91. The number of methoxy groups -OCH3 is 1. The molecule has 1 aromatic heterocycles. The molecule has 2 rings (SSSR count). The van der Waals surface area contributed by atoms with E-state index in [0.29, 0.717) is 0 Å². The van der Waals surface area contributed by atoms with E-state index in [9.17, 15) is 0 Å². The Balaban J connectivity index is 2.23. The zero-order valence-corrected chi connectivity index (χ0v) is 13.6. The molecule has 0 bridgehead atoms.